The molecule has 2 atom stereocenters. The highest BCUT2D eigenvalue weighted by molar-refractivity contribution is 5.93. The van der Waals surface area contributed by atoms with Gasteiger partial charge in [-0.3, -0.25) is 14.4 Å². The number of hydrogen-bond acceptors (Lipinski definition) is 6. The number of carbonyl (C=O) groups is 5. The summed E-state index contributed by atoms with van der Waals surface area (Å²) in [5.74, 6) is -4.42. The summed E-state index contributed by atoms with van der Waals surface area (Å²) < 4.78 is 0. The van der Waals surface area contributed by atoms with E-state index in [0.717, 1.165) is 0 Å². The molecule has 7 N–H and O–H groups in total. The zero-order valence-corrected chi connectivity index (χ0v) is 16.4. The number of amides is 3. The molecule has 1 aromatic rings. The number of H-pyrrole nitrogens is 1. The van der Waals surface area contributed by atoms with Crippen molar-refractivity contribution in [3.05, 3.63) is 34.2 Å². The number of hydrogen-bond donors (Lipinski definition) is 7. The number of urea groups is 1. The fraction of sp³-hybridized carbons (Fsp3) is 0.444. The van der Waals surface area contributed by atoms with Crippen LogP contribution in [0, 0.1) is 0 Å². The van der Waals surface area contributed by atoms with Gasteiger partial charge in [0.2, 0.25) is 5.56 Å². The molecule has 0 bridgehead atoms. The van der Waals surface area contributed by atoms with Crippen LogP contribution in [-0.4, -0.2) is 68.8 Å². The monoisotopic (exact) mass is 440 g/mol. The lowest BCUT2D eigenvalue weighted by Gasteiger charge is -2.18. The molecular weight excluding hydrogens is 416 g/mol. The predicted molar refractivity (Wildman–Crippen MR) is 105 cm³/mol. The summed E-state index contributed by atoms with van der Waals surface area (Å²) in [5.41, 5.74) is -0.0819. The predicted octanol–water partition coefficient (Wildman–Crippen LogP) is -0.655. The van der Waals surface area contributed by atoms with E-state index in [1.165, 1.54) is 18.3 Å². The summed E-state index contributed by atoms with van der Waals surface area (Å²) in [5, 5.41) is 33.6. The van der Waals surface area contributed by atoms with Gasteiger partial charge < -0.3 is 36.3 Å². The van der Waals surface area contributed by atoms with Crippen molar-refractivity contribution in [3.8, 4) is 0 Å². The summed E-state index contributed by atoms with van der Waals surface area (Å²) in [6.07, 6.45) is 1.17. The highest BCUT2D eigenvalue weighted by atomic mass is 16.4. The Morgan fingerprint density at radius 1 is 0.903 bits per heavy atom. The van der Waals surface area contributed by atoms with Crippen molar-refractivity contribution >= 4 is 29.8 Å². The zero-order valence-electron chi connectivity index (χ0n) is 16.4. The molecule has 0 saturated heterocycles. The van der Waals surface area contributed by atoms with Gasteiger partial charge >= 0.3 is 23.9 Å². The van der Waals surface area contributed by atoms with Gasteiger partial charge in [-0.05, 0) is 31.7 Å². The summed E-state index contributed by atoms with van der Waals surface area (Å²) in [7, 11) is 0. The van der Waals surface area contributed by atoms with Crippen molar-refractivity contribution < 1.29 is 39.3 Å². The van der Waals surface area contributed by atoms with Crippen molar-refractivity contribution in [2.45, 2.75) is 44.2 Å². The van der Waals surface area contributed by atoms with Crippen LogP contribution in [0.4, 0.5) is 4.79 Å². The SMILES string of the molecule is O=C(O)CC[C@H](NC(=O)N[C@@H](CCCCNC(=O)c1ccc(=O)[nH]c1)C(=O)O)C(=O)O. The first-order valence-electron chi connectivity index (χ1n) is 9.31. The molecule has 0 saturated carbocycles. The molecule has 0 aliphatic rings. The maximum atomic E-state index is 11.9. The van der Waals surface area contributed by atoms with Crippen LogP contribution >= 0.6 is 0 Å². The number of pyridine rings is 1. The maximum absolute atomic E-state index is 11.9. The van der Waals surface area contributed by atoms with E-state index in [1.54, 1.807) is 0 Å². The normalized spacial score (nSPS) is 12.3. The van der Waals surface area contributed by atoms with E-state index in [9.17, 15) is 33.9 Å². The van der Waals surface area contributed by atoms with Crippen LogP contribution in [0.2, 0.25) is 0 Å². The van der Waals surface area contributed by atoms with Crippen molar-refractivity contribution in [1.29, 1.82) is 0 Å². The molecule has 0 spiro atoms. The molecule has 3 amide bonds. The van der Waals surface area contributed by atoms with Gasteiger partial charge in [0.25, 0.3) is 5.91 Å². The molecule has 170 valence electrons. The van der Waals surface area contributed by atoms with Crippen molar-refractivity contribution in [1.82, 2.24) is 20.9 Å². The van der Waals surface area contributed by atoms with Crippen LogP contribution in [0.15, 0.2) is 23.1 Å². The van der Waals surface area contributed by atoms with Crippen LogP contribution < -0.4 is 21.5 Å². The summed E-state index contributed by atoms with van der Waals surface area (Å²) in [4.78, 5) is 70.1. The third kappa shape index (κ3) is 9.92. The Morgan fingerprint density at radius 2 is 1.52 bits per heavy atom. The average molecular weight is 440 g/mol. The van der Waals surface area contributed by atoms with Crippen LogP contribution in [0.5, 0.6) is 0 Å². The molecule has 0 fully saturated rings. The van der Waals surface area contributed by atoms with Crippen LogP contribution in [-0.2, 0) is 14.4 Å². The summed E-state index contributed by atoms with van der Waals surface area (Å²) in [6.45, 7) is 0.229. The molecule has 1 aromatic heterocycles. The fourth-order valence-electron chi connectivity index (χ4n) is 2.47. The topological polar surface area (TPSA) is 215 Å². The number of nitrogens with one attached hydrogen (secondary N) is 4. The lowest BCUT2D eigenvalue weighted by molar-refractivity contribution is -0.140. The Hall–Kier alpha value is -3.90. The Kier molecular flexibility index (Phi) is 10.2. The minimum absolute atomic E-state index is 0.0180. The number of aromatic amines is 1. The van der Waals surface area contributed by atoms with Gasteiger partial charge in [0, 0.05) is 25.2 Å². The van der Waals surface area contributed by atoms with Crippen LogP contribution in [0.25, 0.3) is 0 Å². The second-order valence-electron chi connectivity index (χ2n) is 6.53. The Morgan fingerprint density at radius 3 is 2.03 bits per heavy atom. The minimum atomic E-state index is -1.48. The first kappa shape index (κ1) is 25.1. The van der Waals surface area contributed by atoms with Gasteiger partial charge in [-0.2, -0.15) is 0 Å². The van der Waals surface area contributed by atoms with Crippen molar-refractivity contribution in [3.63, 3.8) is 0 Å². The number of unbranched alkanes of at least 4 members (excludes halogenated alkanes) is 1. The van der Waals surface area contributed by atoms with Gasteiger partial charge in [0.15, 0.2) is 0 Å². The second kappa shape index (κ2) is 12.6. The molecule has 1 rings (SSSR count). The van der Waals surface area contributed by atoms with E-state index in [4.69, 9.17) is 10.2 Å². The number of aliphatic carboxylic acids is 3. The molecule has 31 heavy (non-hydrogen) atoms. The van der Waals surface area contributed by atoms with E-state index >= 15 is 0 Å². The van der Waals surface area contributed by atoms with E-state index in [1.807, 2.05) is 5.32 Å². The van der Waals surface area contributed by atoms with Crippen LogP contribution in [0.1, 0.15) is 42.5 Å². The Balaban J connectivity index is 2.41. The van der Waals surface area contributed by atoms with Gasteiger partial charge in [-0.1, -0.05) is 0 Å². The largest absolute Gasteiger partial charge is 0.481 e. The third-order valence-electron chi connectivity index (χ3n) is 4.11. The summed E-state index contributed by atoms with van der Waals surface area (Å²) >= 11 is 0. The van der Waals surface area contributed by atoms with Gasteiger partial charge in [-0.15, -0.1) is 0 Å². The first-order chi connectivity index (χ1) is 14.6. The van der Waals surface area contributed by atoms with E-state index in [2.05, 4.69) is 15.6 Å². The molecule has 0 aromatic carbocycles. The number of carboxylic acids is 3. The molecular formula is C18H24N4O9. The van der Waals surface area contributed by atoms with E-state index in [-0.39, 0.29) is 30.5 Å². The lowest BCUT2D eigenvalue weighted by atomic mass is 10.1. The third-order valence-corrected chi connectivity index (χ3v) is 4.11. The second-order valence-corrected chi connectivity index (χ2v) is 6.53. The minimum Gasteiger partial charge on any atom is -0.481 e. The Labute approximate surface area is 175 Å². The van der Waals surface area contributed by atoms with E-state index in [0.29, 0.717) is 12.8 Å². The molecule has 13 nitrogen and oxygen atoms in total. The summed E-state index contributed by atoms with van der Waals surface area (Å²) in [6, 6.07) is -1.26. The lowest BCUT2D eigenvalue weighted by Crippen LogP contribution is -2.51. The molecule has 0 aliphatic carbocycles. The van der Waals surface area contributed by atoms with Crippen molar-refractivity contribution in [2.75, 3.05) is 6.54 Å². The van der Waals surface area contributed by atoms with E-state index < -0.39 is 48.4 Å². The highest BCUT2D eigenvalue weighted by Crippen LogP contribution is 2.03. The van der Waals surface area contributed by atoms with Crippen molar-refractivity contribution in [2.24, 2.45) is 0 Å². The molecule has 13 heteroatoms. The number of rotatable bonds is 13. The zero-order chi connectivity index (χ0) is 23.4. The molecule has 1 heterocycles. The quantitative estimate of drug-likeness (QED) is 0.194. The maximum Gasteiger partial charge on any atom is 0.326 e. The number of aromatic nitrogens is 1. The fourth-order valence-corrected chi connectivity index (χ4v) is 2.47. The molecule has 0 aliphatic heterocycles. The van der Waals surface area contributed by atoms with Gasteiger partial charge in [0.1, 0.15) is 12.1 Å². The smallest absolute Gasteiger partial charge is 0.326 e. The standard InChI is InChI=1S/C18H24N4O9/c23-13-6-4-10(9-20-13)15(26)19-8-2-1-3-11(16(27)28)21-18(31)22-12(17(29)30)5-7-14(24)25/h4,6,9,11-12H,1-3,5,7-8H2,(H,19,26)(H,20,23)(H,24,25)(H,27,28)(H,29,30)(H2,21,22,31)/t11-,12-/m0/s1. The van der Waals surface area contributed by atoms with Gasteiger partial charge in [0.05, 0.1) is 5.56 Å². The Bertz CT molecular complexity index is 847. The average Bonchev–Trinajstić information content (AvgIpc) is 2.69. The van der Waals surface area contributed by atoms with Crippen LogP contribution in [0.3, 0.4) is 0 Å². The number of carboxylic acid groups (broad SMARTS) is 3. The highest BCUT2D eigenvalue weighted by Gasteiger charge is 2.24. The molecule has 0 unspecified atom stereocenters. The van der Waals surface area contributed by atoms with Gasteiger partial charge in [-0.25, -0.2) is 14.4 Å². The molecule has 0 radical (unpaired) electrons. The first-order valence-corrected chi connectivity index (χ1v) is 9.31. The number of carbonyl (C=O) groups excluding carboxylic acids is 2.